The molecule has 0 bridgehead atoms. The molecule has 0 amide bonds. The van der Waals surface area contributed by atoms with Gasteiger partial charge in [-0.3, -0.25) is 0 Å². The molecule has 1 unspecified atom stereocenters. The Balaban J connectivity index is 2.69. The van der Waals surface area contributed by atoms with Gasteiger partial charge in [0.05, 0.1) is 6.04 Å². The fourth-order valence-corrected chi connectivity index (χ4v) is 1.64. The number of rotatable bonds is 2. The average molecular weight is 205 g/mol. The first-order chi connectivity index (χ1) is 7.13. The van der Waals surface area contributed by atoms with Crippen LogP contribution in [0.2, 0.25) is 0 Å². The highest BCUT2D eigenvalue weighted by molar-refractivity contribution is 5.82. The Labute approximate surface area is 87.2 Å². The SMILES string of the molecule is C=CC(N)c1oc2ccc(F)cc2c1C. The molecule has 0 aliphatic rings. The van der Waals surface area contributed by atoms with E-state index >= 15 is 0 Å². The lowest BCUT2D eigenvalue weighted by atomic mass is 10.1. The van der Waals surface area contributed by atoms with E-state index in [0.717, 1.165) is 10.9 Å². The topological polar surface area (TPSA) is 39.2 Å². The zero-order chi connectivity index (χ0) is 11.0. The molecule has 3 heteroatoms. The van der Waals surface area contributed by atoms with Gasteiger partial charge in [-0.25, -0.2) is 4.39 Å². The molecule has 15 heavy (non-hydrogen) atoms. The van der Waals surface area contributed by atoms with Crippen LogP contribution in [0.1, 0.15) is 17.4 Å². The second-order valence-corrected chi connectivity index (χ2v) is 3.49. The van der Waals surface area contributed by atoms with Gasteiger partial charge in [0.2, 0.25) is 0 Å². The van der Waals surface area contributed by atoms with Crippen LogP contribution < -0.4 is 5.73 Å². The minimum absolute atomic E-state index is 0.273. The molecule has 0 radical (unpaired) electrons. The van der Waals surface area contributed by atoms with Gasteiger partial charge >= 0.3 is 0 Å². The van der Waals surface area contributed by atoms with Crippen molar-refractivity contribution in [2.45, 2.75) is 13.0 Å². The van der Waals surface area contributed by atoms with Crippen molar-refractivity contribution in [2.75, 3.05) is 0 Å². The van der Waals surface area contributed by atoms with Crippen LogP contribution in [0, 0.1) is 12.7 Å². The van der Waals surface area contributed by atoms with E-state index in [4.69, 9.17) is 10.2 Å². The largest absolute Gasteiger partial charge is 0.459 e. The van der Waals surface area contributed by atoms with E-state index in [2.05, 4.69) is 6.58 Å². The van der Waals surface area contributed by atoms with Crippen molar-refractivity contribution in [1.82, 2.24) is 0 Å². The van der Waals surface area contributed by atoms with Crippen LogP contribution in [0.3, 0.4) is 0 Å². The molecule has 0 aliphatic carbocycles. The van der Waals surface area contributed by atoms with Gasteiger partial charge in [-0.1, -0.05) is 6.08 Å². The third kappa shape index (κ3) is 1.55. The number of furan rings is 1. The van der Waals surface area contributed by atoms with E-state index in [1.807, 2.05) is 6.92 Å². The average Bonchev–Trinajstić information content (AvgIpc) is 2.55. The van der Waals surface area contributed by atoms with Gasteiger partial charge in [0, 0.05) is 10.9 Å². The predicted molar refractivity (Wildman–Crippen MR) is 58.0 cm³/mol. The standard InChI is InChI=1S/C12H12FNO/c1-3-10(14)12-7(2)9-6-8(13)4-5-11(9)15-12/h3-6,10H,1,14H2,2H3. The Morgan fingerprint density at radius 2 is 2.27 bits per heavy atom. The minimum Gasteiger partial charge on any atom is -0.459 e. The third-order valence-electron chi connectivity index (χ3n) is 2.49. The summed E-state index contributed by atoms with van der Waals surface area (Å²) in [5.74, 6) is 0.371. The van der Waals surface area contributed by atoms with Gasteiger partial charge in [-0.15, -0.1) is 6.58 Å². The molecule has 1 atom stereocenters. The highest BCUT2D eigenvalue weighted by Crippen LogP contribution is 2.29. The van der Waals surface area contributed by atoms with Gasteiger partial charge in [0.25, 0.3) is 0 Å². The second kappa shape index (κ2) is 3.51. The number of fused-ring (bicyclic) bond motifs is 1. The van der Waals surface area contributed by atoms with Crippen LogP contribution in [0.4, 0.5) is 4.39 Å². The van der Waals surface area contributed by atoms with Crippen LogP contribution in [0.25, 0.3) is 11.0 Å². The molecular weight excluding hydrogens is 193 g/mol. The van der Waals surface area contributed by atoms with E-state index in [0.29, 0.717) is 11.3 Å². The molecular formula is C12H12FNO. The van der Waals surface area contributed by atoms with E-state index in [9.17, 15) is 4.39 Å². The molecule has 2 rings (SSSR count). The molecule has 2 aromatic rings. The Kier molecular flexibility index (Phi) is 2.32. The summed E-state index contributed by atoms with van der Waals surface area (Å²) in [6.45, 7) is 5.47. The lowest BCUT2D eigenvalue weighted by Crippen LogP contribution is -2.06. The van der Waals surface area contributed by atoms with Crippen molar-refractivity contribution in [2.24, 2.45) is 5.73 Å². The first-order valence-corrected chi connectivity index (χ1v) is 4.70. The molecule has 1 aromatic heterocycles. The lowest BCUT2D eigenvalue weighted by Gasteiger charge is -2.01. The fraction of sp³-hybridized carbons (Fsp3) is 0.167. The molecule has 0 saturated heterocycles. The van der Waals surface area contributed by atoms with Crippen LogP contribution in [-0.2, 0) is 0 Å². The highest BCUT2D eigenvalue weighted by Gasteiger charge is 2.14. The smallest absolute Gasteiger partial charge is 0.134 e. The number of hydrogen-bond donors (Lipinski definition) is 1. The first kappa shape index (κ1) is 9.93. The van der Waals surface area contributed by atoms with E-state index in [1.54, 1.807) is 12.1 Å². The first-order valence-electron chi connectivity index (χ1n) is 4.70. The quantitative estimate of drug-likeness (QED) is 0.765. The van der Waals surface area contributed by atoms with Gasteiger partial charge in [0.15, 0.2) is 0 Å². The van der Waals surface area contributed by atoms with Crippen molar-refractivity contribution in [3.05, 3.63) is 48.0 Å². The zero-order valence-electron chi connectivity index (χ0n) is 8.46. The van der Waals surface area contributed by atoms with Crippen molar-refractivity contribution in [3.8, 4) is 0 Å². The van der Waals surface area contributed by atoms with Crippen molar-refractivity contribution < 1.29 is 8.81 Å². The molecule has 0 spiro atoms. The molecule has 2 N–H and O–H groups in total. The Bertz CT molecular complexity index is 516. The maximum absolute atomic E-state index is 13.0. The minimum atomic E-state index is -0.347. The molecule has 1 heterocycles. The van der Waals surface area contributed by atoms with Crippen LogP contribution in [-0.4, -0.2) is 0 Å². The number of aryl methyl sites for hydroxylation is 1. The van der Waals surface area contributed by atoms with Crippen molar-refractivity contribution in [1.29, 1.82) is 0 Å². The normalized spacial score (nSPS) is 13.0. The summed E-state index contributed by atoms with van der Waals surface area (Å²) in [6, 6.07) is 4.08. The summed E-state index contributed by atoms with van der Waals surface area (Å²) >= 11 is 0. The van der Waals surface area contributed by atoms with Gasteiger partial charge in [-0.05, 0) is 25.1 Å². The van der Waals surface area contributed by atoms with Gasteiger partial charge in [-0.2, -0.15) is 0 Å². The third-order valence-corrected chi connectivity index (χ3v) is 2.49. The summed E-state index contributed by atoms with van der Waals surface area (Å²) in [4.78, 5) is 0. The highest BCUT2D eigenvalue weighted by atomic mass is 19.1. The zero-order valence-corrected chi connectivity index (χ0v) is 8.46. The maximum atomic E-state index is 13.0. The lowest BCUT2D eigenvalue weighted by molar-refractivity contribution is 0.526. The summed E-state index contributed by atoms with van der Waals surface area (Å²) < 4.78 is 18.6. The molecule has 1 aromatic carbocycles. The van der Waals surface area contributed by atoms with Gasteiger partial charge in [0.1, 0.15) is 17.2 Å². The molecule has 0 aliphatic heterocycles. The van der Waals surface area contributed by atoms with E-state index < -0.39 is 0 Å². The van der Waals surface area contributed by atoms with Crippen LogP contribution in [0.5, 0.6) is 0 Å². The van der Waals surface area contributed by atoms with E-state index in [1.165, 1.54) is 12.1 Å². The summed E-state index contributed by atoms with van der Waals surface area (Å²) in [7, 11) is 0. The molecule has 2 nitrogen and oxygen atoms in total. The maximum Gasteiger partial charge on any atom is 0.134 e. The van der Waals surface area contributed by atoms with Gasteiger partial charge < -0.3 is 10.2 Å². The van der Waals surface area contributed by atoms with Crippen molar-refractivity contribution >= 4 is 11.0 Å². The Morgan fingerprint density at radius 3 is 2.93 bits per heavy atom. The van der Waals surface area contributed by atoms with Crippen molar-refractivity contribution in [3.63, 3.8) is 0 Å². The van der Waals surface area contributed by atoms with Crippen LogP contribution in [0.15, 0.2) is 35.3 Å². The fourth-order valence-electron chi connectivity index (χ4n) is 1.64. The monoisotopic (exact) mass is 205 g/mol. The number of nitrogens with two attached hydrogens (primary N) is 1. The molecule has 0 fully saturated rings. The van der Waals surface area contributed by atoms with Crippen LogP contribution >= 0.6 is 0 Å². The summed E-state index contributed by atoms with van der Waals surface area (Å²) in [6.07, 6.45) is 1.60. The molecule has 78 valence electrons. The number of hydrogen-bond acceptors (Lipinski definition) is 2. The second-order valence-electron chi connectivity index (χ2n) is 3.49. The number of halogens is 1. The summed E-state index contributed by atoms with van der Waals surface area (Å²) in [5, 5.41) is 0.766. The number of benzene rings is 1. The Morgan fingerprint density at radius 1 is 1.53 bits per heavy atom. The predicted octanol–water partition coefficient (Wildman–Crippen LogP) is 3.07. The molecule has 0 saturated carbocycles. The summed E-state index contributed by atoms with van der Waals surface area (Å²) in [5.41, 5.74) is 7.32. The van der Waals surface area contributed by atoms with E-state index in [-0.39, 0.29) is 11.9 Å². The Hall–Kier alpha value is -1.61.